The molecule has 0 spiro atoms. The topological polar surface area (TPSA) is 124 Å². The zero-order valence-electron chi connectivity index (χ0n) is 15.4. The highest BCUT2D eigenvalue weighted by Crippen LogP contribution is 2.45. The molecule has 9 nitrogen and oxygen atoms in total. The Balaban J connectivity index is 1.53. The second-order valence-corrected chi connectivity index (χ2v) is 9.17. The maximum absolute atomic E-state index is 13.0. The summed E-state index contributed by atoms with van der Waals surface area (Å²) in [5.74, 6) is -0.232. The van der Waals surface area contributed by atoms with Gasteiger partial charge in [0.05, 0.1) is 34.5 Å². The Hall–Kier alpha value is -2.53. The first kappa shape index (κ1) is 19.8. The highest BCUT2D eigenvalue weighted by molar-refractivity contribution is 7.91. The van der Waals surface area contributed by atoms with Gasteiger partial charge >= 0.3 is 0 Å². The first-order valence-corrected chi connectivity index (χ1v) is 10.7. The van der Waals surface area contributed by atoms with E-state index >= 15 is 0 Å². The SMILES string of the molecule is O=C(NO)C1(CS(=O)(=O)c2ccc(Oc3cccnc3)cc2)CC2OCOC2C1. The number of amides is 1. The second kappa shape index (κ2) is 7.71. The Bertz CT molecular complexity index is 967. The van der Waals surface area contributed by atoms with E-state index in [9.17, 15) is 13.2 Å². The van der Waals surface area contributed by atoms with E-state index in [-0.39, 0.29) is 36.7 Å². The zero-order chi connectivity index (χ0) is 20.5. The van der Waals surface area contributed by atoms with E-state index in [1.807, 2.05) is 0 Å². The van der Waals surface area contributed by atoms with Gasteiger partial charge in [-0.1, -0.05) is 0 Å². The number of nitrogens with zero attached hydrogens (tertiary/aromatic N) is 1. The van der Waals surface area contributed by atoms with Gasteiger partial charge in [0.1, 0.15) is 18.3 Å². The van der Waals surface area contributed by atoms with Crippen molar-refractivity contribution in [1.82, 2.24) is 10.5 Å². The molecule has 1 amide bonds. The number of benzene rings is 1. The number of carbonyl (C=O) groups is 1. The summed E-state index contributed by atoms with van der Waals surface area (Å²) in [6.45, 7) is 0.122. The standard InChI is InChI=1S/C19H20N2O7S/c22-18(21-23)19(8-16-17(9-19)27-12-26-16)11-29(24,25)15-5-3-13(4-6-15)28-14-2-1-7-20-10-14/h1-7,10,16-17,23H,8-9,11-12H2,(H,21,22). The van der Waals surface area contributed by atoms with Gasteiger partial charge in [-0.3, -0.25) is 15.0 Å². The Morgan fingerprint density at radius 2 is 1.86 bits per heavy atom. The molecular formula is C19H20N2O7S. The quantitative estimate of drug-likeness (QED) is 0.534. The van der Waals surface area contributed by atoms with Crippen LogP contribution in [-0.4, -0.2) is 49.3 Å². The van der Waals surface area contributed by atoms with Crippen LogP contribution >= 0.6 is 0 Å². The van der Waals surface area contributed by atoms with E-state index in [0.717, 1.165) is 0 Å². The van der Waals surface area contributed by atoms with Crippen molar-refractivity contribution in [2.45, 2.75) is 29.9 Å². The minimum atomic E-state index is -3.83. The molecule has 0 radical (unpaired) electrons. The number of aromatic nitrogens is 1. The molecular weight excluding hydrogens is 400 g/mol. The third-order valence-electron chi connectivity index (χ3n) is 5.27. The van der Waals surface area contributed by atoms with Crippen LogP contribution < -0.4 is 10.2 Å². The summed E-state index contributed by atoms with van der Waals surface area (Å²) < 4.78 is 42.5. The molecule has 1 saturated carbocycles. The molecule has 1 aromatic carbocycles. The van der Waals surface area contributed by atoms with Crippen LogP contribution in [0.5, 0.6) is 11.5 Å². The van der Waals surface area contributed by atoms with E-state index in [1.165, 1.54) is 24.3 Å². The predicted molar refractivity (Wildman–Crippen MR) is 99.0 cm³/mol. The molecule has 10 heteroatoms. The van der Waals surface area contributed by atoms with Crippen molar-refractivity contribution in [2.24, 2.45) is 5.41 Å². The molecule has 2 heterocycles. The fraction of sp³-hybridized carbons (Fsp3) is 0.368. The lowest BCUT2D eigenvalue weighted by atomic mass is 9.87. The summed E-state index contributed by atoms with van der Waals surface area (Å²) in [7, 11) is -3.83. The molecule has 1 aromatic heterocycles. The maximum Gasteiger partial charge on any atom is 0.250 e. The van der Waals surface area contributed by atoms with Crippen molar-refractivity contribution in [3.63, 3.8) is 0 Å². The van der Waals surface area contributed by atoms with Crippen molar-refractivity contribution in [3.8, 4) is 11.5 Å². The number of pyridine rings is 1. The number of hydroxylamine groups is 1. The van der Waals surface area contributed by atoms with Crippen LogP contribution in [0.2, 0.25) is 0 Å². The number of ether oxygens (including phenoxy) is 3. The third kappa shape index (κ3) is 3.97. The van der Waals surface area contributed by atoms with Crippen LogP contribution in [0.15, 0.2) is 53.7 Å². The fourth-order valence-corrected chi connectivity index (χ4v) is 5.67. The first-order valence-electron chi connectivity index (χ1n) is 9.00. The molecule has 1 saturated heterocycles. The monoisotopic (exact) mass is 420 g/mol. The highest BCUT2D eigenvalue weighted by atomic mass is 32.2. The van der Waals surface area contributed by atoms with E-state index in [0.29, 0.717) is 11.5 Å². The molecule has 2 aromatic rings. The Morgan fingerprint density at radius 1 is 1.17 bits per heavy atom. The van der Waals surface area contributed by atoms with Crippen LogP contribution in [0, 0.1) is 5.41 Å². The lowest BCUT2D eigenvalue weighted by Gasteiger charge is -2.27. The van der Waals surface area contributed by atoms with Crippen molar-refractivity contribution in [1.29, 1.82) is 0 Å². The Kier molecular flexibility index (Phi) is 5.26. The molecule has 1 aliphatic carbocycles. The Morgan fingerprint density at radius 3 is 2.45 bits per heavy atom. The van der Waals surface area contributed by atoms with E-state index in [1.54, 1.807) is 30.0 Å². The molecule has 29 heavy (non-hydrogen) atoms. The molecule has 1 aliphatic heterocycles. The average Bonchev–Trinajstić information content (AvgIpc) is 3.28. The van der Waals surface area contributed by atoms with Gasteiger partial charge in [0, 0.05) is 6.20 Å². The Labute approximate surface area is 167 Å². The molecule has 2 atom stereocenters. The molecule has 2 unspecified atom stereocenters. The summed E-state index contributed by atoms with van der Waals surface area (Å²) in [6.07, 6.45) is 2.75. The molecule has 2 N–H and O–H groups in total. The highest BCUT2D eigenvalue weighted by Gasteiger charge is 2.55. The number of hydrogen-bond acceptors (Lipinski definition) is 8. The van der Waals surface area contributed by atoms with Gasteiger partial charge in [-0.05, 0) is 49.2 Å². The molecule has 4 rings (SSSR count). The lowest BCUT2D eigenvalue weighted by molar-refractivity contribution is -0.140. The number of rotatable bonds is 6. The summed E-state index contributed by atoms with van der Waals surface area (Å²) >= 11 is 0. The number of sulfone groups is 1. The van der Waals surface area contributed by atoms with Gasteiger partial charge < -0.3 is 14.2 Å². The number of hydrogen-bond donors (Lipinski definition) is 2. The van der Waals surface area contributed by atoms with Crippen LogP contribution in [0.3, 0.4) is 0 Å². The minimum absolute atomic E-state index is 0.0556. The summed E-state index contributed by atoms with van der Waals surface area (Å²) in [5.41, 5.74) is 0.282. The lowest BCUT2D eigenvalue weighted by Crippen LogP contribution is -2.43. The van der Waals surface area contributed by atoms with E-state index in [2.05, 4.69) is 4.98 Å². The van der Waals surface area contributed by atoms with Crippen molar-refractivity contribution < 1.29 is 32.6 Å². The van der Waals surface area contributed by atoms with Gasteiger partial charge in [0.15, 0.2) is 9.84 Å². The molecule has 2 fully saturated rings. The average molecular weight is 420 g/mol. The maximum atomic E-state index is 13.0. The van der Waals surface area contributed by atoms with Gasteiger partial charge in [-0.15, -0.1) is 0 Å². The fourth-order valence-electron chi connectivity index (χ4n) is 3.86. The third-order valence-corrected chi connectivity index (χ3v) is 7.19. The van der Waals surface area contributed by atoms with Crippen molar-refractivity contribution >= 4 is 15.7 Å². The number of nitrogens with one attached hydrogen (secondary N) is 1. The number of carbonyl (C=O) groups excluding carboxylic acids is 1. The van der Waals surface area contributed by atoms with Crippen LogP contribution in [-0.2, 0) is 24.1 Å². The normalized spacial score (nSPS) is 26.1. The van der Waals surface area contributed by atoms with Gasteiger partial charge in [0.25, 0.3) is 5.91 Å². The minimum Gasteiger partial charge on any atom is -0.456 e. The van der Waals surface area contributed by atoms with E-state index in [4.69, 9.17) is 19.4 Å². The summed E-state index contributed by atoms with van der Waals surface area (Å²) in [6, 6.07) is 9.38. The van der Waals surface area contributed by atoms with E-state index < -0.39 is 26.9 Å². The largest absolute Gasteiger partial charge is 0.456 e. The predicted octanol–water partition coefficient (Wildman–Crippen LogP) is 1.67. The van der Waals surface area contributed by atoms with Crippen LogP contribution in [0.1, 0.15) is 12.8 Å². The molecule has 2 aliphatic rings. The van der Waals surface area contributed by atoms with Gasteiger partial charge in [0.2, 0.25) is 0 Å². The van der Waals surface area contributed by atoms with Crippen LogP contribution in [0.25, 0.3) is 0 Å². The van der Waals surface area contributed by atoms with Gasteiger partial charge in [-0.2, -0.15) is 0 Å². The second-order valence-electron chi connectivity index (χ2n) is 7.18. The van der Waals surface area contributed by atoms with Gasteiger partial charge in [-0.25, -0.2) is 13.9 Å². The smallest absolute Gasteiger partial charge is 0.250 e. The summed E-state index contributed by atoms with van der Waals surface area (Å²) in [4.78, 5) is 16.4. The molecule has 154 valence electrons. The first-order chi connectivity index (χ1) is 13.9. The zero-order valence-corrected chi connectivity index (χ0v) is 16.2. The summed E-state index contributed by atoms with van der Waals surface area (Å²) in [5, 5.41) is 9.17. The van der Waals surface area contributed by atoms with Crippen molar-refractivity contribution in [2.75, 3.05) is 12.5 Å². The molecule has 0 bridgehead atoms. The number of fused-ring (bicyclic) bond motifs is 1. The van der Waals surface area contributed by atoms with Crippen LogP contribution in [0.4, 0.5) is 0 Å². The van der Waals surface area contributed by atoms with Crippen molar-refractivity contribution in [3.05, 3.63) is 48.8 Å².